The molecular weight excluding hydrogens is 314 g/mol. The summed E-state index contributed by atoms with van der Waals surface area (Å²) in [5.74, 6) is 0.0497. The van der Waals surface area contributed by atoms with E-state index in [2.05, 4.69) is 48.2 Å². The SMILES string of the molecule is CCN1/C(=C/C(=O)c2ccccc2)Sc2c1ccc1ccccc21. The number of allylic oxidation sites excluding steroid dienone is 1. The molecule has 118 valence electrons. The quantitative estimate of drug-likeness (QED) is 0.467. The fourth-order valence-corrected chi connectivity index (χ4v) is 4.35. The van der Waals surface area contributed by atoms with Crippen LogP contribution in [0, 0.1) is 0 Å². The van der Waals surface area contributed by atoms with Crippen molar-refractivity contribution in [3.05, 3.63) is 83.4 Å². The second-order valence-corrected chi connectivity index (χ2v) is 6.72. The van der Waals surface area contributed by atoms with E-state index in [1.165, 1.54) is 21.4 Å². The summed E-state index contributed by atoms with van der Waals surface area (Å²) in [6, 6.07) is 22.1. The number of hydrogen-bond acceptors (Lipinski definition) is 3. The van der Waals surface area contributed by atoms with Crippen molar-refractivity contribution in [2.45, 2.75) is 11.8 Å². The highest BCUT2D eigenvalue weighted by Crippen LogP contribution is 2.49. The lowest BCUT2D eigenvalue weighted by Gasteiger charge is -2.18. The van der Waals surface area contributed by atoms with E-state index in [9.17, 15) is 4.79 Å². The number of rotatable bonds is 3. The minimum Gasteiger partial charge on any atom is -0.335 e. The minimum absolute atomic E-state index is 0.0497. The van der Waals surface area contributed by atoms with Gasteiger partial charge in [-0.2, -0.15) is 0 Å². The molecule has 3 heteroatoms. The zero-order chi connectivity index (χ0) is 16.5. The van der Waals surface area contributed by atoms with Gasteiger partial charge in [0, 0.05) is 23.1 Å². The monoisotopic (exact) mass is 331 g/mol. The van der Waals surface area contributed by atoms with Crippen LogP contribution in [0.1, 0.15) is 17.3 Å². The lowest BCUT2D eigenvalue weighted by Crippen LogP contribution is -2.17. The van der Waals surface area contributed by atoms with Gasteiger partial charge >= 0.3 is 0 Å². The van der Waals surface area contributed by atoms with Crippen LogP contribution in [0.5, 0.6) is 0 Å². The van der Waals surface area contributed by atoms with Gasteiger partial charge < -0.3 is 4.90 Å². The zero-order valence-electron chi connectivity index (χ0n) is 13.4. The van der Waals surface area contributed by atoms with Crippen molar-refractivity contribution in [2.24, 2.45) is 0 Å². The molecule has 0 spiro atoms. The van der Waals surface area contributed by atoms with Crippen LogP contribution < -0.4 is 4.90 Å². The molecule has 0 aromatic heterocycles. The zero-order valence-corrected chi connectivity index (χ0v) is 14.2. The molecule has 2 nitrogen and oxygen atoms in total. The maximum atomic E-state index is 12.6. The molecular formula is C21H17NOS. The maximum Gasteiger partial charge on any atom is 0.188 e. The predicted octanol–water partition coefficient (Wildman–Crippen LogP) is 5.50. The molecule has 0 atom stereocenters. The number of hydrogen-bond donors (Lipinski definition) is 0. The molecule has 3 aromatic carbocycles. The summed E-state index contributed by atoms with van der Waals surface area (Å²) in [6.45, 7) is 2.96. The van der Waals surface area contributed by atoms with E-state index in [-0.39, 0.29) is 5.78 Å². The molecule has 0 saturated carbocycles. The number of ketones is 1. The Morgan fingerprint density at radius 1 is 1.00 bits per heavy atom. The maximum absolute atomic E-state index is 12.6. The summed E-state index contributed by atoms with van der Waals surface area (Å²) >= 11 is 1.69. The Hall–Kier alpha value is -2.52. The van der Waals surface area contributed by atoms with Crippen LogP contribution in [0.2, 0.25) is 0 Å². The Bertz CT molecular complexity index is 946. The molecule has 0 aliphatic carbocycles. The second kappa shape index (κ2) is 6.17. The van der Waals surface area contributed by atoms with Gasteiger partial charge in [-0.15, -0.1) is 0 Å². The van der Waals surface area contributed by atoms with Gasteiger partial charge in [0.2, 0.25) is 0 Å². The molecule has 1 aliphatic heterocycles. The van der Waals surface area contributed by atoms with Gasteiger partial charge in [-0.3, -0.25) is 4.79 Å². The fraction of sp³-hybridized carbons (Fsp3) is 0.0952. The van der Waals surface area contributed by atoms with Gasteiger partial charge in [-0.05, 0) is 23.8 Å². The lowest BCUT2D eigenvalue weighted by molar-refractivity contribution is 0.104. The number of fused-ring (bicyclic) bond motifs is 3. The first-order valence-corrected chi connectivity index (χ1v) is 8.88. The first-order chi connectivity index (χ1) is 11.8. The van der Waals surface area contributed by atoms with Gasteiger partial charge in [0.15, 0.2) is 5.78 Å². The van der Waals surface area contributed by atoms with E-state index >= 15 is 0 Å². The third-order valence-electron chi connectivity index (χ3n) is 4.25. The molecule has 0 N–H and O–H groups in total. The molecule has 0 saturated heterocycles. The summed E-state index contributed by atoms with van der Waals surface area (Å²) in [5.41, 5.74) is 1.91. The number of carbonyl (C=O) groups is 1. The number of anilines is 1. The summed E-state index contributed by atoms with van der Waals surface area (Å²) < 4.78 is 0. The second-order valence-electron chi connectivity index (χ2n) is 5.69. The summed E-state index contributed by atoms with van der Waals surface area (Å²) in [5, 5.41) is 3.47. The molecule has 3 aromatic rings. The average molecular weight is 331 g/mol. The fourth-order valence-electron chi connectivity index (χ4n) is 3.06. The number of carbonyl (C=O) groups excluding carboxylic acids is 1. The first kappa shape index (κ1) is 15.0. The minimum atomic E-state index is 0.0497. The Morgan fingerprint density at radius 3 is 2.54 bits per heavy atom. The van der Waals surface area contributed by atoms with Crippen molar-refractivity contribution >= 4 is 34.0 Å². The molecule has 0 bridgehead atoms. The van der Waals surface area contributed by atoms with Crippen LogP contribution in [0.3, 0.4) is 0 Å². The molecule has 1 aliphatic rings. The van der Waals surface area contributed by atoms with E-state index in [0.29, 0.717) is 0 Å². The van der Waals surface area contributed by atoms with Gasteiger partial charge in [-0.25, -0.2) is 0 Å². The summed E-state index contributed by atoms with van der Waals surface area (Å²) in [6.07, 6.45) is 1.76. The Kier molecular flexibility index (Phi) is 3.87. The van der Waals surface area contributed by atoms with E-state index in [0.717, 1.165) is 17.1 Å². The average Bonchev–Trinajstić information content (AvgIpc) is 3.00. The van der Waals surface area contributed by atoms with E-state index in [4.69, 9.17) is 0 Å². The lowest BCUT2D eigenvalue weighted by atomic mass is 10.1. The van der Waals surface area contributed by atoms with Crippen molar-refractivity contribution in [3.8, 4) is 0 Å². The smallest absolute Gasteiger partial charge is 0.188 e. The predicted molar refractivity (Wildman–Crippen MR) is 102 cm³/mol. The van der Waals surface area contributed by atoms with Crippen molar-refractivity contribution in [1.82, 2.24) is 0 Å². The van der Waals surface area contributed by atoms with Crippen molar-refractivity contribution in [2.75, 3.05) is 11.4 Å². The topological polar surface area (TPSA) is 20.3 Å². The molecule has 0 radical (unpaired) electrons. The third kappa shape index (κ3) is 2.51. The normalized spacial score (nSPS) is 15.0. The third-order valence-corrected chi connectivity index (χ3v) is 5.43. The van der Waals surface area contributed by atoms with Gasteiger partial charge in [0.25, 0.3) is 0 Å². The van der Waals surface area contributed by atoms with Crippen LogP contribution in [0.4, 0.5) is 5.69 Å². The molecule has 0 fully saturated rings. The molecule has 24 heavy (non-hydrogen) atoms. The Morgan fingerprint density at radius 2 is 1.75 bits per heavy atom. The summed E-state index contributed by atoms with van der Waals surface area (Å²) in [4.78, 5) is 16.0. The molecule has 0 unspecified atom stereocenters. The van der Waals surface area contributed by atoms with Crippen LogP contribution in [-0.2, 0) is 0 Å². The largest absolute Gasteiger partial charge is 0.335 e. The highest BCUT2D eigenvalue weighted by Gasteiger charge is 2.26. The Labute approximate surface area is 145 Å². The van der Waals surface area contributed by atoms with Crippen molar-refractivity contribution < 1.29 is 4.79 Å². The highest BCUT2D eigenvalue weighted by molar-refractivity contribution is 8.04. The van der Waals surface area contributed by atoms with Crippen LogP contribution >= 0.6 is 11.8 Å². The number of benzene rings is 3. The van der Waals surface area contributed by atoms with E-state index in [1.54, 1.807) is 17.8 Å². The van der Waals surface area contributed by atoms with Gasteiger partial charge in [0.05, 0.1) is 10.7 Å². The Balaban J connectivity index is 1.77. The van der Waals surface area contributed by atoms with Crippen LogP contribution in [0.25, 0.3) is 10.8 Å². The summed E-state index contributed by atoms with van der Waals surface area (Å²) in [7, 11) is 0. The van der Waals surface area contributed by atoms with Crippen molar-refractivity contribution in [3.63, 3.8) is 0 Å². The van der Waals surface area contributed by atoms with Gasteiger partial charge in [-0.1, -0.05) is 72.4 Å². The number of thioether (sulfide) groups is 1. The highest BCUT2D eigenvalue weighted by atomic mass is 32.2. The number of nitrogens with zero attached hydrogens (tertiary/aromatic N) is 1. The van der Waals surface area contributed by atoms with Crippen LogP contribution in [-0.4, -0.2) is 12.3 Å². The van der Waals surface area contributed by atoms with E-state index in [1.807, 2.05) is 30.3 Å². The first-order valence-electron chi connectivity index (χ1n) is 8.06. The van der Waals surface area contributed by atoms with Crippen LogP contribution in [0.15, 0.2) is 82.7 Å². The van der Waals surface area contributed by atoms with Crippen molar-refractivity contribution in [1.29, 1.82) is 0 Å². The van der Waals surface area contributed by atoms with Gasteiger partial charge in [0.1, 0.15) is 0 Å². The molecule has 4 rings (SSSR count). The van der Waals surface area contributed by atoms with E-state index < -0.39 is 0 Å². The molecule has 1 heterocycles. The standard InChI is InChI=1S/C21H17NOS/c1-2-22-18-13-12-15-8-6-7-11-17(15)21(18)24-20(22)14-19(23)16-9-4-3-5-10-16/h3-14H,2H2,1H3/b20-14-. The molecule has 0 amide bonds.